The van der Waals surface area contributed by atoms with Gasteiger partial charge in [0, 0.05) is 7.11 Å². The Hall–Kier alpha value is -0.560. The van der Waals surface area contributed by atoms with Crippen molar-refractivity contribution in [2.24, 2.45) is 23.7 Å². The third-order valence-electron chi connectivity index (χ3n) is 6.07. The third-order valence-corrected chi connectivity index (χ3v) is 6.07. The van der Waals surface area contributed by atoms with Gasteiger partial charge in [-0.25, -0.2) is 0 Å². The molecule has 1 heteroatoms. The van der Waals surface area contributed by atoms with Gasteiger partial charge in [0.2, 0.25) is 0 Å². The molecule has 2 aliphatic rings. The number of rotatable bonds is 8. The molecule has 0 N–H and O–H groups in total. The highest BCUT2D eigenvalue weighted by molar-refractivity contribution is 4.92. The molecule has 0 aliphatic heterocycles. The molecule has 0 unspecified atom stereocenters. The van der Waals surface area contributed by atoms with E-state index in [-0.39, 0.29) is 0 Å². The van der Waals surface area contributed by atoms with Crippen LogP contribution in [-0.4, -0.2) is 13.7 Å². The Balaban J connectivity index is 1.63. The van der Waals surface area contributed by atoms with E-state index in [1.54, 1.807) is 7.11 Å². The molecule has 0 bridgehead atoms. The predicted molar refractivity (Wildman–Crippen MR) is 96.0 cm³/mol. The highest BCUT2D eigenvalue weighted by Gasteiger charge is 2.30. The highest BCUT2D eigenvalue weighted by atomic mass is 16.5. The van der Waals surface area contributed by atoms with Crippen LogP contribution in [0.5, 0.6) is 0 Å². The van der Waals surface area contributed by atoms with Crippen LogP contribution in [0.15, 0.2) is 24.8 Å². The molecule has 0 aromatic rings. The Morgan fingerprint density at radius 2 is 1.59 bits per heavy atom. The van der Waals surface area contributed by atoms with Crippen LogP contribution in [0.1, 0.15) is 70.6 Å². The van der Waals surface area contributed by atoms with Crippen LogP contribution < -0.4 is 0 Å². The van der Waals surface area contributed by atoms with Crippen molar-refractivity contribution in [3.8, 4) is 0 Å². The predicted octanol–water partition coefficient (Wildman–Crippen LogP) is 6.16. The minimum absolute atomic E-state index is 0.774. The summed E-state index contributed by atoms with van der Waals surface area (Å²) in [5, 5.41) is 0. The summed E-state index contributed by atoms with van der Waals surface area (Å²) in [5.74, 6) is 3.91. The minimum Gasteiger partial charge on any atom is -0.381 e. The molecule has 126 valence electrons. The van der Waals surface area contributed by atoms with Gasteiger partial charge in [-0.1, -0.05) is 37.5 Å². The smallest absolute Gasteiger partial charge is 0.0643 e. The van der Waals surface area contributed by atoms with Gasteiger partial charge >= 0.3 is 0 Å². The summed E-state index contributed by atoms with van der Waals surface area (Å²) in [6.45, 7) is 4.61. The lowest BCUT2D eigenvalue weighted by Crippen LogP contribution is -2.25. The average Bonchev–Trinajstić information content (AvgIpc) is 2.57. The lowest BCUT2D eigenvalue weighted by atomic mass is 9.68. The molecule has 0 atom stereocenters. The van der Waals surface area contributed by atoms with Crippen LogP contribution in [0.25, 0.3) is 0 Å². The van der Waals surface area contributed by atoms with E-state index in [9.17, 15) is 0 Å². The van der Waals surface area contributed by atoms with E-state index in [2.05, 4.69) is 24.8 Å². The summed E-state index contributed by atoms with van der Waals surface area (Å²) in [6, 6.07) is 0. The first kappa shape index (κ1) is 17.8. The zero-order valence-electron chi connectivity index (χ0n) is 14.6. The van der Waals surface area contributed by atoms with Crippen molar-refractivity contribution in [3.05, 3.63) is 24.8 Å². The van der Waals surface area contributed by atoms with Crippen LogP contribution >= 0.6 is 0 Å². The topological polar surface area (TPSA) is 9.23 Å². The first-order chi connectivity index (χ1) is 10.8. The maximum absolute atomic E-state index is 5.10. The van der Waals surface area contributed by atoms with E-state index in [0.29, 0.717) is 0 Å². The van der Waals surface area contributed by atoms with Gasteiger partial charge in [0.25, 0.3) is 0 Å². The monoisotopic (exact) mass is 304 g/mol. The van der Waals surface area contributed by atoms with Crippen LogP contribution in [0.3, 0.4) is 0 Å². The fourth-order valence-electron chi connectivity index (χ4n) is 4.65. The first-order valence-electron chi connectivity index (χ1n) is 9.60. The molecule has 0 saturated heterocycles. The summed E-state index contributed by atoms with van der Waals surface area (Å²) in [4.78, 5) is 0. The van der Waals surface area contributed by atoms with Gasteiger partial charge in [-0.2, -0.15) is 0 Å². The zero-order valence-corrected chi connectivity index (χ0v) is 14.6. The summed E-state index contributed by atoms with van der Waals surface area (Å²) in [7, 11) is 1.77. The lowest BCUT2D eigenvalue weighted by Gasteiger charge is -2.37. The van der Waals surface area contributed by atoms with Crippen molar-refractivity contribution in [3.63, 3.8) is 0 Å². The van der Waals surface area contributed by atoms with Gasteiger partial charge in [-0.15, -0.1) is 6.58 Å². The molecular formula is C21H36O. The van der Waals surface area contributed by atoms with Crippen LogP contribution in [-0.2, 0) is 4.74 Å². The number of unbranched alkanes of at least 4 members (excludes halogenated alkanes) is 1. The molecule has 0 amide bonds. The Labute approximate surface area is 138 Å². The number of allylic oxidation sites excluding steroid dienone is 2. The van der Waals surface area contributed by atoms with Gasteiger partial charge in [-0.3, -0.25) is 0 Å². The van der Waals surface area contributed by atoms with Gasteiger partial charge in [-0.05, 0) is 75.0 Å². The Kier molecular flexibility index (Phi) is 8.30. The molecule has 0 heterocycles. The molecule has 2 rings (SSSR count). The number of hydrogen-bond acceptors (Lipinski definition) is 1. The van der Waals surface area contributed by atoms with E-state index in [1.165, 1.54) is 70.6 Å². The second-order valence-corrected chi connectivity index (χ2v) is 7.56. The molecule has 2 fully saturated rings. The van der Waals surface area contributed by atoms with Gasteiger partial charge in [0.15, 0.2) is 0 Å². The third kappa shape index (κ3) is 5.91. The molecule has 0 aromatic heterocycles. The minimum atomic E-state index is 0.774. The summed E-state index contributed by atoms with van der Waals surface area (Å²) in [5.41, 5.74) is 0. The standard InChI is InChI=1S/C21H36O/c1-3-4-5-7-18-9-13-20(14-10-18)21-15-11-19(12-16-21)8-6-17-22-2/h3,6,8,18-21H,1,4-5,7,9-17H2,2H3. The number of methoxy groups -OCH3 is 1. The van der Waals surface area contributed by atoms with E-state index < -0.39 is 0 Å². The van der Waals surface area contributed by atoms with E-state index in [4.69, 9.17) is 4.74 Å². The van der Waals surface area contributed by atoms with Gasteiger partial charge in [0.05, 0.1) is 6.61 Å². The quantitative estimate of drug-likeness (QED) is 0.385. The number of hydrogen-bond donors (Lipinski definition) is 0. The molecule has 0 spiro atoms. The van der Waals surface area contributed by atoms with Crippen LogP contribution in [0, 0.1) is 23.7 Å². The normalized spacial score (nSPS) is 33.1. The second kappa shape index (κ2) is 10.3. The first-order valence-corrected chi connectivity index (χ1v) is 9.60. The maximum atomic E-state index is 5.10. The fraction of sp³-hybridized carbons (Fsp3) is 0.810. The van der Waals surface area contributed by atoms with Crippen molar-refractivity contribution < 1.29 is 4.74 Å². The van der Waals surface area contributed by atoms with Crippen molar-refractivity contribution in [1.82, 2.24) is 0 Å². The summed E-state index contributed by atoms with van der Waals surface area (Å²) < 4.78 is 5.10. The van der Waals surface area contributed by atoms with Gasteiger partial charge < -0.3 is 4.74 Å². The Bertz CT molecular complexity index is 317. The summed E-state index contributed by atoms with van der Waals surface area (Å²) >= 11 is 0. The van der Waals surface area contributed by atoms with Crippen molar-refractivity contribution >= 4 is 0 Å². The van der Waals surface area contributed by atoms with E-state index >= 15 is 0 Å². The summed E-state index contributed by atoms with van der Waals surface area (Å²) in [6.07, 6.45) is 22.4. The lowest BCUT2D eigenvalue weighted by molar-refractivity contribution is 0.151. The number of ether oxygens (including phenoxy) is 1. The molecule has 1 nitrogen and oxygen atoms in total. The van der Waals surface area contributed by atoms with Crippen molar-refractivity contribution in [1.29, 1.82) is 0 Å². The average molecular weight is 305 g/mol. The van der Waals surface area contributed by atoms with Crippen LogP contribution in [0.2, 0.25) is 0 Å². The zero-order chi connectivity index (χ0) is 15.6. The molecular weight excluding hydrogens is 268 g/mol. The van der Waals surface area contributed by atoms with Crippen molar-refractivity contribution in [2.75, 3.05) is 13.7 Å². The Morgan fingerprint density at radius 3 is 2.18 bits per heavy atom. The van der Waals surface area contributed by atoms with E-state index in [0.717, 1.165) is 30.3 Å². The van der Waals surface area contributed by atoms with Gasteiger partial charge in [0.1, 0.15) is 0 Å². The van der Waals surface area contributed by atoms with E-state index in [1.807, 2.05) is 0 Å². The fourth-order valence-corrected chi connectivity index (χ4v) is 4.65. The Morgan fingerprint density at radius 1 is 0.955 bits per heavy atom. The molecule has 0 aromatic carbocycles. The highest BCUT2D eigenvalue weighted by Crippen LogP contribution is 2.42. The molecule has 2 aliphatic carbocycles. The molecule has 2 saturated carbocycles. The second-order valence-electron chi connectivity index (χ2n) is 7.56. The van der Waals surface area contributed by atoms with Crippen molar-refractivity contribution in [2.45, 2.75) is 70.6 Å². The molecule has 0 radical (unpaired) electrons. The van der Waals surface area contributed by atoms with Crippen LogP contribution in [0.4, 0.5) is 0 Å². The largest absolute Gasteiger partial charge is 0.381 e. The SMILES string of the molecule is C=CCCCC1CCC(C2CCC(C=CCOC)CC2)CC1. The maximum Gasteiger partial charge on any atom is 0.0643 e. The molecule has 22 heavy (non-hydrogen) atoms.